The molecule has 0 saturated heterocycles. The molecule has 1 aromatic heterocycles. The summed E-state index contributed by atoms with van der Waals surface area (Å²) in [6.07, 6.45) is 0.141. The number of ether oxygens (including phenoxy) is 1. The molecular weight excluding hydrogens is 306 g/mol. The fourth-order valence-corrected chi connectivity index (χ4v) is 2.16. The Morgan fingerprint density at radius 2 is 2.29 bits per heavy atom. The van der Waals surface area contributed by atoms with E-state index in [0.717, 1.165) is 4.88 Å². The van der Waals surface area contributed by atoms with Gasteiger partial charge in [-0.05, 0) is 18.4 Å². The maximum Gasteiger partial charge on any atom is 0.307 e. The van der Waals surface area contributed by atoms with Gasteiger partial charge in [0.1, 0.15) is 0 Å². The van der Waals surface area contributed by atoms with Crippen molar-refractivity contribution < 1.29 is 14.3 Å². The minimum atomic E-state index is -0.342. The number of amides is 1. The molecular formula is C11H14BrNO3S. The first-order valence-electron chi connectivity index (χ1n) is 5.09. The molecule has 2 unspecified atom stereocenters. The standard InChI is InChI=1S/C11H14BrNO3S/c1-7(12)11(15)13-8(6-10(14)16-2)9-4-3-5-17-9/h3-5,7-8H,6H2,1-2H3,(H,13,15). The normalized spacial score (nSPS) is 13.8. The van der Waals surface area contributed by atoms with Gasteiger partial charge in [-0.25, -0.2) is 0 Å². The number of alkyl halides is 1. The molecule has 17 heavy (non-hydrogen) atoms. The molecule has 1 heterocycles. The van der Waals surface area contributed by atoms with E-state index in [9.17, 15) is 9.59 Å². The first kappa shape index (κ1) is 14.2. The predicted octanol–water partition coefficient (Wildman–Crippen LogP) is 2.25. The number of halogens is 1. The lowest BCUT2D eigenvalue weighted by molar-refractivity contribution is -0.141. The Morgan fingerprint density at radius 3 is 2.76 bits per heavy atom. The molecule has 6 heteroatoms. The topological polar surface area (TPSA) is 55.4 Å². The highest BCUT2D eigenvalue weighted by molar-refractivity contribution is 9.10. The fourth-order valence-electron chi connectivity index (χ4n) is 1.25. The monoisotopic (exact) mass is 319 g/mol. The summed E-state index contributed by atoms with van der Waals surface area (Å²) in [5.74, 6) is -0.488. The van der Waals surface area contributed by atoms with Gasteiger partial charge in [-0.15, -0.1) is 11.3 Å². The minimum absolute atomic E-state index is 0.141. The van der Waals surface area contributed by atoms with Crippen LogP contribution in [0.1, 0.15) is 24.3 Å². The summed E-state index contributed by atoms with van der Waals surface area (Å²) in [7, 11) is 1.34. The third-order valence-electron chi connectivity index (χ3n) is 2.16. The summed E-state index contributed by atoms with van der Waals surface area (Å²) < 4.78 is 4.62. The molecule has 94 valence electrons. The Balaban J connectivity index is 2.73. The summed E-state index contributed by atoms with van der Waals surface area (Å²) in [6.45, 7) is 1.74. The van der Waals surface area contributed by atoms with Crippen molar-refractivity contribution >= 4 is 39.1 Å². The number of nitrogens with one attached hydrogen (secondary N) is 1. The number of methoxy groups -OCH3 is 1. The Hall–Kier alpha value is -0.880. The maximum absolute atomic E-state index is 11.6. The Bertz CT molecular complexity index is 378. The molecule has 0 bridgehead atoms. The quantitative estimate of drug-likeness (QED) is 0.669. The molecule has 0 spiro atoms. The third kappa shape index (κ3) is 4.47. The van der Waals surface area contributed by atoms with E-state index in [4.69, 9.17) is 0 Å². The van der Waals surface area contributed by atoms with E-state index in [1.165, 1.54) is 18.4 Å². The lowest BCUT2D eigenvalue weighted by atomic mass is 10.1. The average Bonchev–Trinajstić information content (AvgIpc) is 2.80. The van der Waals surface area contributed by atoms with E-state index >= 15 is 0 Å². The molecule has 0 aliphatic heterocycles. The number of hydrogen-bond donors (Lipinski definition) is 1. The van der Waals surface area contributed by atoms with E-state index < -0.39 is 0 Å². The number of carbonyl (C=O) groups is 2. The van der Waals surface area contributed by atoms with Gasteiger partial charge in [0.15, 0.2) is 0 Å². The van der Waals surface area contributed by atoms with Gasteiger partial charge in [0.05, 0.1) is 24.4 Å². The Morgan fingerprint density at radius 1 is 1.59 bits per heavy atom. The van der Waals surface area contributed by atoms with Gasteiger partial charge in [-0.3, -0.25) is 9.59 Å². The summed E-state index contributed by atoms with van der Waals surface area (Å²) in [5, 5.41) is 4.71. The van der Waals surface area contributed by atoms with Crippen molar-refractivity contribution in [1.82, 2.24) is 5.32 Å². The molecule has 0 fully saturated rings. The maximum atomic E-state index is 11.6. The first-order chi connectivity index (χ1) is 8.04. The molecule has 4 nitrogen and oxygen atoms in total. The zero-order valence-corrected chi connectivity index (χ0v) is 12.0. The van der Waals surface area contributed by atoms with Crippen molar-refractivity contribution in [3.05, 3.63) is 22.4 Å². The van der Waals surface area contributed by atoms with E-state index in [2.05, 4.69) is 26.0 Å². The van der Waals surface area contributed by atoms with Crippen molar-refractivity contribution in [3.8, 4) is 0 Å². The van der Waals surface area contributed by atoms with Gasteiger partial charge in [0, 0.05) is 4.88 Å². The summed E-state index contributed by atoms with van der Waals surface area (Å²) >= 11 is 4.69. The van der Waals surface area contributed by atoms with Gasteiger partial charge in [0.2, 0.25) is 5.91 Å². The van der Waals surface area contributed by atoms with Crippen molar-refractivity contribution in [3.63, 3.8) is 0 Å². The van der Waals surface area contributed by atoms with Crippen LogP contribution in [-0.4, -0.2) is 23.8 Å². The van der Waals surface area contributed by atoms with E-state index in [-0.39, 0.29) is 29.2 Å². The fraction of sp³-hybridized carbons (Fsp3) is 0.455. The van der Waals surface area contributed by atoms with Crippen LogP contribution in [0.25, 0.3) is 0 Å². The van der Waals surface area contributed by atoms with E-state index in [1.807, 2.05) is 17.5 Å². The van der Waals surface area contributed by atoms with Crippen LogP contribution in [0, 0.1) is 0 Å². The van der Waals surface area contributed by atoms with Crippen LogP contribution in [0.5, 0.6) is 0 Å². The van der Waals surface area contributed by atoms with Crippen LogP contribution in [0.4, 0.5) is 0 Å². The molecule has 0 radical (unpaired) electrons. The lowest BCUT2D eigenvalue weighted by Gasteiger charge is -2.17. The number of esters is 1. The van der Waals surface area contributed by atoms with Crippen molar-refractivity contribution in [1.29, 1.82) is 0 Å². The van der Waals surface area contributed by atoms with E-state index in [0.29, 0.717) is 0 Å². The highest BCUT2D eigenvalue weighted by atomic mass is 79.9. The summed E-state index contributed by atoms with van der Waals surface area (Å²) in [4.78, 5) is 23.6. The van der Waals surface area contributed by atoms with E-state index in [1.54, 1.807) is 6.92 Å². The highest BCUT2D eigenvalue weighted by Crippen LogP contribution is 2.22. The predicted molar refractivity (Wildman–Crippen MR) is 70.2 cm³/mol. The molecule has 0 aliphatic carbocycles. The molecule has 1 N–H and O–H groups in total. The van der Waals surface area contributed by atoms with Crippen LogP contribution in [0.15, 0.2) is 17.5 Å². The zero-order chi connectivity index (χ0) is 12.8. The number of hydrogen-bond acceptors (Lipinski definition) is 4. The molecule has 0 aromatic carbocycles. The largest absolute Gasteiger partial charge is 0.469 e. The van der Waals surface area contributed by atoms with Crippen LogP contribution in [0.3, 0.4) is 0 Å². The number of rotatable bonds is 5. The van der Waals surface area contributed by atoms with Crippen molar-refractivity contribution in [2.24, 2.45) is 0 Å². The third-order valence-corrected chi connectivity index (χ3v) is 3.56. The van der Waals surface area contributed by atoms with Crippen LogP contribution >= 0.6 is 27.3 Å². The van der Waals surface area contributed by atoms with Gasteiger partial charge in [-0.1, -0.05) is 22.0 Å². The van der Waals surface area contributed by atoms with Gasteiger partial charge >= 0.3 is 5.97 Å². The van der Waals surface area contributed by atoms with Gasteiger partial charge in [0.25, 0.3) is 0 Å². The lowest BCUT2D eigenvalue weighted by Crippen LogP contribution is -2.34. The Kier molecular flexibility index (Phi) is 5.64. The zero-order valence-electron chi connectivity index (χ0n) is 9.60. The molecule has 1 rings (SSSR count). The minimum Gasteiger partial charge on any atom is -0.469 e. The number of thiophene rings is 1. The second-order valence-electron chi connectivity index (χ2n) is 3.47. The van der Waals surface area contributed by atoms with Gasteiger partial charge in [-0.2, -0.15) is 0 Å². The van der Waals surface area contributed by atoms with Crippen molar-refractivity contribution in [2.75, 3.05) is 7.11 Å². The first-order valence-corrected chi connectivity index (χ1v) is 6.88. The van der Waals surface area contributed by atoms with Crippen LogP contribution in [-0.2, 0) is 14.3 Å². The number of carbonyl (C=O) groups excluding carboxylic acids is 2. The Labute approximate surface area is 112 Å². The molecule has 2 atom stereocenters. The summed E-state index contributed by atoms with van der Waals surface area (Å²) in [5.41, 5.74) is 0. The average molecular weight is 320 g/mol. The highest BCUT2D eigenvalue weighted by Gasteiger charge is 2.21. The molecule has 1 amide bonds. The smallest absolute Gasteiger partial charge is 0.307 e. The second kappa shape index (κ2) is 6.76. The van der Waals surface area contributed by atoms with Crippen LogP contribution < -0.4 is 5.32 Å². The molecule has 1 aromatic rings. The SMILES string of the molecule is COC(=O)CC(NC(=O)C(C)Br)c1cccs1. The molecule has 0 saturated carbocycles. The summed E-state index contributed by atoms with van der Waals surface area (Å²) in [6, 6.07) is 3.45. The van der Waals surface area contributed by atoms with Crippen molar-refractivity contribution in [2.45, 2.75) is 24.2 Å². The second-order valence-corrected chi connectivity index (χ2v) is 5.83. The van der Waals surface area contributed by atoms with Gasteiger partial charge < -0.3 is 10.1 Å². The van der Waals surface area contributed by atoms with Crippen LogP contribution in [0.2, 0.25) is 0 Å². The molecule has 0 aliphatic rings.